The molecule has 1 saturated carbocycles. The van der Waals surface area contributed by atoms with Crippen LogP contribution in [-0.4, -0.2) is 11.2 Å². The first-order chi connectivity index (χ1) is 7.59. The summed E-state index contributed by atoms with van der Waals surface area (Å²) < 4.78 is 26.4. The molecule has 0 aliphatic heterocycles. The Morgan fingerprint density at radius 3 is 2.47 bits per heavy atom. The van der Waals surface area contributed by atoms with Gasteiger partial charge >= 0.3 is 0 Å². The molecule has 0 saturated heterocycles. The predicted molar refractivity (Wildman–Crippen MR) is 63.9 cm³/mol. The number of aliphatic hydroxyl groups is 1. The average molecular weight is 264 g/mol. The largest absolute Gasteiger partial charge is 0.391 e. The van der Waals surface area contributed by atoms with Crippen molar-refractivity contribution in [1.29, 1.82) is 0 Å². The Balaban J connectivity index is 0.00000144. The molecule has 0 amide bonds. The Labute approximate surface area is 105 Å². The zero-order chi connectivity index (χ0) is 11.7. The molecule has 0 radical (unpaired) electrons. The van der Waals surface area contributed by atoms with Gasteiger partial charge in [0.2, 0.25) is 0 Å². The average Bonchev–Trinajstić information content (AvgIpc) is 2.18. The Hall–Kier alpha value is -0.710. The SMILES string of the molecule is Cl.N[C@@H](c1cc(F)ccc1F)[C@H](O)C1CCC1. The molecule has 1 aliphatic rings. The molecule has 2 atom stereocenters. The van der Waals surface area contributed by atoms with Crippen LogP contribution in [0.5, 0.6) is 0 Å². The van der Waals surface area contributed by atoms with E-state index in [1.165, 1.54) is 0 Å². The van der Waals surface area contributed by atoms with Crippen LogP contribution >= 0.6 is 12.4 Å². The van der Waals surface area contributed by atoms with Gasteiger partial charge in [0.25, 0.3) is 0 Å². The van der Waals surface area contributed by atoms with E-state index in [2.05, 4.69) is 0 Å². The molecule has 0 aromatic heterocycles. The van der Waals surface area contributed by atoms with Crippen molar-refractivity contribution in [3.05, 3.63) is 35.4 Å². The van der Waals surface area contributed by atoms with Gasteiger partial charge in [-0.3, -0.25) is 0 Å². The molecular weight excluding hydrogens is 248 g/mol. The third-order valence-corrected chi connectivity index (χ3v) is 3.32. The van der Waals surface area contributed by atoms with E-state index in [1.807, 2.05) is 0 Å². The Kier molecular flexibility index (Phi) is 4.86. The van der Waals surface area contributed by atoms with Crippen LogP contribution in [0.4, 0.5) is 8.78 Å². The molecule has 17 heavy (non-hydrogen) atoms. The first kappa shape index (κ1) is 14.4. The third-order valence-electron chi connectivity index (χ3n) is 3.32. The monoisotopic (exact) mass is 263 g/mol. The van der Waals surface area contributed by atoms with Crippen molar-refractivity contribution < 1.29 is 13.9 Å². The van der Waals surface area contributed by atoms with E-state index in [0.29, 0.717) is 0 Å². The second-order valence-electron chi connectivity index (χ2n) is 4.37. The highest BCUT2D eigenvalue weighted by molar-refractivity contribution is 5.85. The van der Waals surface area contributed by atoms with Gasteiger partial charge in [0.1, 0.15) is 11.6 Å². The lowest BCUT2D eigenvalue weighted by Crippen LogP contribution is -2.36. The van der Waals surface area contributed by atoms with Crippen molar-refractivity contribution >= 4 is 12.4 Å². The van der Waals surface area contributed by atoms with Crippen molar-refractivity contribution in [2.45, 2.75) is 31.4 Å². The Morgan fingerprint density at radius 1 is 1.29 bits per heavy atom. The molecule has 0 unspecified atom stereocenters. The highest BCUT2D eigenvalue weighted by Crippen LogP contribution is 2.34. The van der Waals surface area contributed by atoms with E-state index in [1.54, 1.807) is 0 Å². The quantitative estimate of drug-likeness (QED) is 0.880. The van der Waals surface area contributed by atoms with Crippen LogP contribution in [0, 0.1) is 17.6 Å². The number of rotatable bonds is 3. The topological polar surface area (TPSA) is 46.2 Å². The van der Waals surface area contributed by atoms with Gasteiger partial charge in [0.15, 0.2) is 0 Å². The molecule has 0 spiro atoms. The second-order valence-corrected chi connectivity index (χ2v) is 4.37. The first-order valence-corrected chi connectivity index (χ1v) is 5.48. The van der Waals surface area contributed by atoms with Gasteiger partial charge in [-0.05, 0) is 37.0 Å². The maximum atomic E-state index is 13.4. The summed E-state index contributed by atoms with van der Waals surface area (Å²) in [5, 5.41) is 9.89. The van der Waals surface area contributed by atoms with E-state index in [9.17, 15) is 13.9 Å². The molecule has 2 nitrogen and oxygen atoms in total. The zero-order valence-electron chi connectivity index (χ0n) is 9.27. The van der Waals surface area contributed by atoms with Gasteiger partial charge in [-0.25, -0.2) is 8.78 Å². The Morgan fingerprint density at radius 2 is 1.94 bits per heavy atom. The summed E-state index contributed by atoms with van der Waals surface area (Å²) in [5.41, 5.74) is 5.82. The summed E-state index contributed by atoms with van der Waals surface area (Å²) in [5.74, 6) is -0.974. The molecule has 1 aromatic rings. The van der Waals surface area contributed by atoms with Crippen molar-refractivity contribution in [3.63, 3.8) is 0 Å². The fraction of sp³-hybridized carbons (Fsp3) is 0.500. The van der Waals surface area contributed by atoms with Crippen LogP contribution in [0.15, 0.2) is 18.2 Å². The number of nitrogens with two attached hydrogens (primary N) is 1. The lowest BCUT2D eigenvalue weighted by molar-refractivity contribution is 0.0404. The molecule has 1 aliphatic carbocycles. The maximum Gasteiger partial charge on any atom is 0.128 e. The summed E-state index contributed by atoms with van der Waals surface area (Å²) >= 11 is 0. The minimum atomic E-state index is -0.846. The molecule has 5 heteroatoms. The van der Waals surface area contributed by atoms with E-state index in [0.717, 1.165) is 37.5 Å². The fourth-order valence-corrected chi connectivity index (χ4v) is 2.03. The summed E-state index contributed by atoms with van der Waals surface area (Å²) in [6, 6.07) is 2.29. The fourth-order valence-electron chi connectivity index (χ4n) is 2.03. The van der Waals surface area contributed by atoms with Gasteiger partial charge in [-0.2, -0.15) is 0 Å². The van der Waals surface area contributed by atoms with Gasteiger partial charge in [-0.1, -0.05) is 6.42 Å². The summed E-state index contributed by atoms with van der Waals surface area (Å²) in [4.78, 5) is 0. The van der Waals surface area contributed by atoms with Crippen LogP contribution in [0.1, 0.15) is 30.9 Å². The van der Waals surface area contributed by atoms with Crippen molar-refractivity contribution in [1.82, 2.24) is 0 Å². The summed E-state index contributed by atoms with van der Waals surface area (Å²) in [6.45, 7) is 0. The van der Waals surface area contributed by atoms with Crippen molar-refractivity contribution in [2.24, 2.45) is 11.7 Å². The zero-order valence-corrected chi connectivity index (χ0v) is 10.1. The van der Waals surface area contributed by atoms with E-state index in [-0.39, 0.29) is 23.9 Å². The van der Waals surface area contributed by atoms with Crippen LogP contribution in [0.2, 0.25) is 0 Å². The summed E-state index contributed by atoms with van der Waals surface area (Å²) in [6.07, 6.45) is 2.10. The number of hydrogen-bond acceptors (Lipinski definition) is 2. The highest BCUT2D eigenvalue weighted by Gasteiger charge is 2.31. The first-order valence-electron chi connectivity index (χ1n) is 5.48. The minimum Gasteiger partial charge on any atom is -0.391 e. The van der Waals surface area contributed by atoms with Crippen LogP contribution in [0.25, 0.3) is 0 Å². The van der Waals surface area contributed by atoms with Crippen LogP contribution < -0.4 is 5.73 Å². The van der Waals surface area contributed by atoms with Crippen LogP contribution in [-0.2, 0) is 0 Å². The molecule has 0 bridgehead atoms. The van der Waals surface area contributed by atoms with E-state index >= 15 is 0 Å². The number of halogens is 3. The minimum absolute atomic E-state index is 0. The number of benzene rings is 1. The van der Waals surface area contributed by atoms with Gasteiger partial charge in [0, 0.05) is 5.56 Å². The molecule has 1 aromatic carbocycles. The van der Waals surface area contributed by atoms with Gasteiger partial charge in [-0.15, -0.1) is 12.4 Å². The van der Waals surface area contributed by atoms with E-state index < -0.39 is 23.8 Å². The van der Waals surface area contributed by atoms with Crippen molar-refractivity contribution in [3.8, 4) is 0 Å². The highest BCUT2D eigenvalue weighted by atomic mass is 35.5. The van der Waals surface area contributed by atoms with Crippen molar-refractivity contribution in [2.75, 3.05) is 0 Å². The standard InChI is InChI=1S/C12H15F2NO.ClH/c13-8-4-5-10(14)9(6-8)11(15)12(16)7-2-1-3-7;/h4-7,11-12,16H,1-3,15H2;1H/t11-,12+;/m0./s1. The van der Waals surface area contributed by atoms with Gasteiger partial charge in [0.05, 0.1) is 12.1 Å². The van der Waals surface area contributed by atoms with Gasteiger partial charge < -0.3 is 10.8 Å². The normalized spacial score (nSPS) is 19.1. The lowest BCUT2D eigenvalue weighted by Gasteiger charge is -2.33. The Bertz CT molecular complexity index is 385. The third kappa shape index (κ3) is 2.94. The molecule has 1 fully saturated rings. The molecule has 96 valence electrons. The second kappa shape index (κ2) is 5.76. The number of hydrogen-bond donors (Lipinski definition) is 2. The molecular formula is C12H16ClF2NO. The molecule has 2 rings (SSSR count). The predicted octanol–water partition coefficient (Wildman–Crippen LogP) is 2.55. The smallest absolute Gasteiger partial charge is 0.128 e. The lowest BCUT2D eigenvalue weighted by atomic mass is 9.77. The maximum absolute atomic E-state index is 13.4. The molecule has 0 heterocycles. The summed E-state index contributed by atoms with van der Waals surface area (Å²) in [7, 11) is 0. The van der Waals surface area contributed by atoms with E-state index in [4.69, 9.17) is 5.73 Å². The van der Waals surface area contributed by atoms with Crippen LogP contribution in [0.3, 0.4) is 0 Å². The number of aliphatic hydroxyl groups excluding tert-OH is 1. The molecule has 3 N–H and O–H groups in total.